The molecule has 0 saturated heterocycles. The van der Waals surface area contributed by atoms with E-state index in [4.69, 9.17) is 4.74 Å². The number of rotatable bonds is 5. The van der Waals surface area contributed by atoms with Gasteiger partial charge in [0.2, 0.25) is 0 Å². The van der Waals surface area contributed by atoms with Crippen molar-refractivity contribution < 1.29 is 9.53 Å². The average molecular weight is 256 g/mol. The number of carbonyl (C=O) groups excluding carboxylic acids is 1. The van der Waals surface area contributed by atoms with E-state index in [1.165, 1.54) is 0 Å². The molecule has 98 valence electrons. The minimum absolute atomic E-state index is 0.0188. The van der Waals surface area contributed by atoms with Crippen LogP contribution in [-0.2, 0) is 16.1 Å². The molecule has 0 aliphatic rings. The Balaban J connectivity index is 1.78. The third-order valence-corrected chi connectivity index (χ3v) is 2.61. The van der Waals surface area contributed by atoms with Crippen LogP contribution in [-0.4, -0.2) is 17.5 Å². The number of nitrogens with zero attached hydrogens (tertiary/aromatic N) is 1. The number of pyridine rings is 1. The number of hydrogen-bond acceptors (Lipinski definition) is 3. The highest BCUT2D eigenvalue weighted by Gasteiger charge is 2.05. The van der Waals surface area contributed by atoms with Gasteiger partial charge in [-0.3, -0.25) is 4.79 Å². The van der Waals surface area contributed by atoms with E-state index in [2.05, 4.69) is 10.3 Å². The lowest BCUT2D eigenvalue weighted by atomic mass is 10.2. The van der Waals surface area contributed by atoms with Crippen LogP contribution in [0.3, 0.4) is 0 Å². The van der Waals surface area contributed by atoms with E-state index in [0.717, 1.165) is 11.1 Å². The minimum Gasteiger partial charge on any atom is -0.367 e. The topological polar surface area (TPSA) is 51.2 Å². The first-order valence-corrected chi connectivity index (χ1v) is 6.09. The molecule has 0 aliphatic carbocycles. The predicted molar refractivity (Wildman–Crippen MR) is 73.7 cm³/mol. The van der Waals surface area contributed by atoms with Gasteiger partial charge in [0.25, 0.3) is 5.91 Å². The fourth-order valence-electron chi connectivity index (χ4n) is 1.62. The van der Waals surface area contributed by atoms with Crippen molar-refractivity contribution in [2.75, 3.05) is 11.9 Å². The molecule has 4 heteroatoms. The Morgan fingerprint density at radius 2 is 2.00 bits per heavy atom. The molecule has 2 aromatic rings. The van der Waals surface area contributed by atoms with E-state index in [0.29, 0.717) is 12.4 Å². The molecule has 0 bridgehead atoms. The van der Waals surface area contributed by atoms with Gasteiger partial charge in [0.05, 0.1) is 6.61 Å². The first kappa shape index (κ1) is 13.2. The second-order valence-corrected chi connectivity index (χ2v) is 4.20. The summed E-state index contributed by atoms with van der Waals surface area (Å²) in [6.45, 7) is 2.34. The maximum atomic E-state index is 11.7. The Bertz CT molecular complexity index is 541. The van der Waals surface area contributed by atoms with E-state index in [1.807, 2.05) is 49.4 Å². The predicted octanol–water partition coefficient (Wildman–Crippen LogP) is 2.55. The Kier molecular flexibility index (Phi) is 4.64. The largest absolute Gasteiger partial charge is 0.367 e. The molecule has 0 spiro atoms. The third-order valence-electron chi connectivity index (χ3n) is 2.61. The Hall–Kier alpha value is -2.20. The smallest absolute Gasteiger partial charge is 0.251 e. The van der Waals surface area contributed by atoms with Gasteiger partial charge >= 0.3 is 0 Å². The van der Waals surface area contributed by atoms with Gasteiger partial charge < -0.3 is 10.1 Å². The van der Waals surface area contributed by atoms with Gasteiger partial charge in [-0.05, 0) is 24.1 Å². The van der Waals surface area contributed by atoms with Crippen LogP contribution in [0.5, 0.6) is 0 Å². The summed E-state index contributed by atoms with van der Waals surface area (Å²) in [6.07, 6.45) is 1.65. The zero-order chi connectivity index (χ0) is 13.5. The summed E-state index contributed by atoms with van der Waals surface area (Å²) >= 11 is 0. The van der Waals surface area contributed by atoms with Crippen molar-refractivity contribution in [3.63, 3.8) is 0 Å². The monoisotopic (exact) mass is 256 g/mol. The van der Waals surface area contributed by atoms with Gasteiger partial charge in [0.1, 0.15) is 12.4 Å². The van der Waals surface area contributed by atoms with Crippen molar-refractivity contribution >= 4 is 11.7 Å². The summed E-state index contributed by atoms with van der Waals surface area (Å²) in [6, 6.07) is 13.5. The fraction of sp³-hybridized carbons (Fsp3) is 0.200. The highest BCUT2D eigenvalue weighted by Crippen LogP contribution is 2.08. The summed E-state index contributed by atoms with van der Waals surface area (Å²) in [5.41, 5.74) is 1.98. The molecule has 0 unspecified atom stereocenters. The molecule has 19 heavy (non-hydrogen) atoms. The highest BCUT2D eigenvalue weighted by atomic mass is 16.5. The number of benzene rings is 1. The second kappa shape index (κ2) is 6.66. The minimum atomic E-state index is -0.197. The van der Waals surface area contributed by atoms with Crippen molar-refractivity contribution in [2.24, 2.45) is 0 Å². The lowest BCUT2D eigenvalue weighted by Crippen LogP contribution is -2.19. The number of nitrogens with one attached hydrogen (secondary N) is 1. The zero-order valence-corrected chi connectivity index (χ0v) is 10.8. The normalized spacial score (nSPS) is 10.2. The summed E-state index contributed by atoms with van der Waals surface area (Å²) in [5, 5.41) is 2.72. The quantitative estimate of drug-likeness (QED) is 0.894. The van der Waals surface area contributed by atoms with Crippen LogP contribution in [0.15, 0.2) is 48.7 Å². The second-order valence-electron chi connectivity index (χ2n) is 4.20. The average Bonchev–Trinajstić information content (AvgIpc) is 2.43. The number of hydrogen-bond donors (Lipinski definition) is 1. The maximum Gasteiger partial charge on any atom is 0.251 e. The van der Waals surface area contributed by atoms with Crippen LogP contribution in [0.4, 0.5) is 5.82 Å². The van der Waals surface area contributed by atoms with E-state index in [9.17, 15) is 4.79 Å². The number of anilines is 1. The van der Waals surface area contributed by atoms with Crippen LogP contribution in [0, 0.1) is 6.92 Å². The molecule has 0 aliphatic heterocycles. The van der Waals surface area contributed by atoms with E-state index < -0.39 is 0 Å². The SMILES string of the molecule is Cc1cccnc1NC(=O)COCc1ccccc1. The summed E-state index contributed by atoms with van der Waals surface area (Å²) in [7, 11) is 0. The number of amides is 1. The van der Waals surface area contributed by atoms with Crippen LogP contribution >= 0.6 is 0 Å². The lowest BCUT2D eigenvalue weighted by Gasteiger charge is -2.07. The van der Waals surface area contributed by atoms with Crippen molar-refractivity contribution in [3.05, 3.63) is 59.8 Å². The van der Waals surface area contributed by atoms with Crippen LogP contribution in [0.25, 0.3) is 0 Å². The molecule has 1 amide bonds. The molecule has 0 radical (unpaired) electrons. The molecule has 4 nitrogen and oxygen atoms in total. The number of aryl methyl sites for hydroxylation is 1. The summed E-state index contributed by atoms with van der Waals surface area (Å²) in [4.78, 5) is 15.8. The van der Waals surface area contributed by atoms with Crippen molar-refractivity contribution in [1.82, 2.24) is 4.98 Å². The van der Waals surface area contributed by atoms with Crippen LogP contribution in [0.2, 0.25) is 0 Å². The van der Waals surface area contributed by atoms with Gasteiger partial charge in [-0.2, -0.15) is 0 Å². The molecule has 0 saturated carbocycles. The molecule has 1 aromatic heterocycles. The molecular weight excluding hydrogens is 240 g/mol. The van der Waals surface area contributed by atoms with Gasteiger partial charge in [-0.1, -0.05) is 36.4 Å². The number of carbonyl (C=O) groups is 1. The highest BCUT2D eigenvalue weighted by molar-refractivity contribution is 5.91. The number of aromatic nitrogens is 1. The lowest BCUT2D eigenvalue weighted by molar-refractivity contribution is -0.121. The van der Waals surface area contributed by atoms with Crippen molar-refractivity contribution in [1.29, 1.82) is 0 Å². The first-order valence-electron chi connectivity index (χ1n) is 6.09. The fourth-order valence-corrected chi connectivity index (χ4v) is 1.62. The van der Waals surface area contributed by atoms with E-state index in [1.54, 1.807) is 6.20 Å². The molecular formula is C15H16N2O2. The van der Waals surface area contributed by atoms with Gasteiger partial charge in [-0.15, -0.1) is 0 Å². The third kappa shape index (κ3) is 4.19. The van der Waals surface area contributed by atoms with Gasteiger partial charge in [-0.25, -0.2) is 4.98 Å². The molecule has 1 aromatic carbocycles. The Morgan fingerprint density at radius 1 is 1.21 bits per heavy atom. The molecule has 1 heterocycles. The molecule has 2 rings (SSSR count). The van der Waals surface area contributed by atoms with Gasteiger partial charge in [0.15, 0.2) is 0 Å². The Labute approximate surface area is 112 Å². The number of ether oxygens (including phenoxy) is 1. The first-order chi connectivity index (χ1) is 9.25. The van der Waals surface area contributed by atoms with E-state index in [-0.39, 0.29) is 12.5 Å². The van der Waals surface area contributed by atoms with E-state index >= 15 is 0 Å². The van der Waals surface area contributed by atoms with Crippen LogP contribution in [0.1, 0.15) is 11.1 Å². The summed E-state index contributed by atoms with van der Waals surface area (Å²) in [5.74, 6) is 0.383. The van der Waals surface area contributed by atoms with Gasteiger partial charge in [0, 0.05) is 6.20 Å². The summed E-state index contributed by atoms with van der Waals surface area (Å²) < 4.78 is 5.35. The van der Waals surface area contributed by atoms with Crippen LogP contribution < -0.4 is 5.32 Å². The molecule has 1 N–H and O–H groups in total. The molecule has 0 fully saturated rings. The zero-order valence-electron chi connectivity index (χ0n) is 10.8. The maximum absolute atomic E-state index is 11.7. The van der Waals surface area contributed by atoms with Crippen molar-refractivity contribution in [2.45, 2.75) is 13.5 Å². The van der Waals surface area contributed by atoms with Crippen molar-refractivity contribution in [3.8, 4) is 0 Å². The Morgan fingerprint density at radius 3 is 2.74 bits per heavy atom. The standard InChI is InChI=1S/C15H16N2O2/c1-12-6-5-9-16-15(12)17-14(18)11-19-10-13-7-3-2-4-8-13/h2-9H,10-11H2,1H3,(H,16,17,18). The molecule has 0 atom stereocenters.